The molecule has 0 radical (unpaired) electrons. The molecular formula is C12H6Cl2N2O2. The number of hydrogen-bond donors (Lipinski definition) is 0. The number of para-hydroxylation sites is 2. The zero-order chi connectivity index (χ0) is 12.9. The molecule has 0 atom stereocenters. The molecule has 3 aromatic rings. The van der Waals surface area contributed by atoms with Gasteiger partial charge in [0.25, 0.3) is 22.1 Å². The van der Waals surface area contributed by atoms with Crippen molar-refractivity contribution in [1.29, 1.82) is 0 Å². The molecule has 18 heavy (non-hydrogen) atoms. The van der Waals surface area contributed by atoms with Crippen LogP contribution in [0.2, 0.25) is 10.0 Å². The summed E-state index contributed by atoms with van der Waals surface area (Å²) in [6.45, 7) is 0. The zero-order valence-corrected chi connectivity index (χ0v) is 10.4. The second-order valence-electron chi connectivity index (χ2n) is 3.83. The summed E-state index contributed by atoms with van der Waals surface area (Å²) in [7, 11) is 0. The van der Waals surface area contributed by atoms with E-state index < -0.39 is 0 Å². The predicted molar refractivity (Wildman–Crippen MR) is 69.4 cm³/mol. The Bertz CT molecular complexity index is 724. The molecular weight excluding hydrogens is 275 g/mol. The fourth-order valence-electron chi connectivity index (χ4n) is 1.92. The van der Waals surface area contributed by atoms with Crippen LogP contribution < -0.4 is 9.46 Å². The Balaban J connectivity index is 2.62. The van der Waals surface area contributed by atoms with E-state index in [4.69, 9.17) is 23.2 Å². The third-order valence-electron chi connectivity index (χ3n) is 2.77. The highest BCUT2D eigenvalue weighted by Crippen LogP contribution is 2.25. The van der Waals surface area contributed by atoms with Gasteiger partial charge in [-0.3, -0.25) is 0 Å². The van der Waals surface area contributed by atoms with Crippen molar-refractivity contribution >= 4 is 45.3 Å². The maximum Gasteiger partial charge on any atom is 0.292 e. The second kappa shape index (κ2) is 3.86. The van der Waals surface area contributed by atoms with Crippen LogP contribution in [0.15, 0.2) is 36.4 Å². The average Bonchev–Trinajstić information content (AvgIpc) is 2.38. The minimum atomic E-state index is 0.193. The first-order valence-corrected chi connectivity index (χ1v) is 5.88. The monoisotopic (exact) mass is 280 g/mol. The summed E-state index contributed by atoms with van der Waals surface area (Å²) >= 11 is 11.7. The third kappa shape index (κ3) is 1.46. The molecule has 0 fully saturated rings. The van der Waals surface area contributed by atoms with E-state index in [0.29, 0.717) is 20.5 Å². The van der Waals surface area contributed by atoms with Crippen LogP contribution in [0.4, 0.5) is 0 Å². The van der Waals surface area contributed by atoms with E-state index in [1.807, 2.05) is 0 Å². The van der Waals surface area contributed by atoms with Crippen LogP contribution in [-0.4, -0.2) is 0 Å². The van der Waals surface area contributed by atoms with E-state index in [2.05, 4.69) is 0 Å². The van der Waals surface area contributed by atoms with Crippen molar-refractivity contribution in [3.05, 3.63) is 56.9 Å². The highest BCUT2D eigenvalue weighted by Gasteiger charge is 2.22. The van der Waals surface area contributed by atoms with Crippen molar-refractivity contribution in [2.24, 2.45) is 0 Å². The lowest BCUT2D eigenvalue weighted by Crippen LogP contribution is -2.39. The van der Waals surface area contributed by atoms with Gasteiger partial charge in [-0.05, 0) is 0 Å². The molecule has 0 spiro atoms. The molecule has 0 N–H and O–H groups in total. The van der Waals surface area contributed by atoms with E-state index in [-0.39, 0.29) is 21.1 Å². The SMILES string of the molecule is [O-][n+]1c2ccccc2[n+]([O-])c2cc(Cl)c(Cl)cc21. The minimum Gasteiger partial charge on any atom is -0.617 e. The Morgan fingerprint density at radius 1 is 0.722 bits per heavy atom. The topological polar surface area (TPSA) is 53.9 Å². The maximum atomic E-state index is 12.2. The highest BCUT2D eigenvalue weighted by molar-refractivity contribution is 6.42. The summed E-state index contributed by atoms with van der Waals surface area (Å²) in [5.74, 6) is 0. The number of fused-ring (bicyclic) bond motifs is 2. The number of benzene rings is 2. The summed E-state index contributed by atoms with van der Waals surface area (Å²) in [5.41, 5.74) is 0.966. The molecule has 1 aromatic heterocycles. The van der Waals surface area contributed by atoms with Crippen molar-refractivity contribution in [2.75, 3.05) is 0 Å². The average molecular weight is 281 g/mol. The lowest BCUT2D eigenvalue weighted by atomic mass is 10.2. The number of rotatable bonds is 0. The minimum absolute atomic E-state index is 0.193. The van der Waals surface area contributed by atoms with Gasteiger partial charge in [-0.15, -0.1) is 0 Å². The van der Waals surface area contributed by atoms with Crippen LogP contribution in [0.5, 0.6) is 0 Å². The van der Waals surface area contributed by atoms with Crippen LogP contribution >= 0.6 is 23.2 Å². The lowest BCUT2D eigenvalue weighted by molar-refractivity contribution is -0.591. The molecule has 0 bridgehead atoms. The number of aromatic nitrogens is 2. The molecule has 6 heteroatoms. The van der Waals surface area contributed by atoms with E-state index in [1.54, 1.807) is 24.3 Å². The summed E-state index contributed by atoms with van der Waals surface area (Å²) in [6, 6.07) is 9.34. The molecule has 1 heterocycles. The Hall–Kier alpha value is -1.78. The molecule has 0 aliphatic heterocycles. The van der Waals surface area contributed by atoms with Crippen molar-refractivity contribution in [3.8, 4) is 0 Å². The Morgan fingerprint density at radius 2 is 1.11 bits per heavy atom. The number of hydrogen-bond acceptors (Lipinski definition) is 2. The Morgan fingerprint density at radius 3 is 1.50 bits per heavy atom. The predicted octanol–water partition coefficient (Wildman–Crippen LogP) is 2.57. The molecule has 0 amide bonds. The van der Waals surface area contributed by atoms with Gasteiger partial charge in [-0.1, -0.05) is 35.3 Å². The fourth-order valence-corrected chi connectivity index (χ4v) is 2.23. The highest BCUT2D eigenvalue weighted by atomic mass is 35.5. The van der Waals surface area contributed by atoms with Gasteiger partial charge in [-0.25, -0.2) is 0 Å². The van der Waals surface area contributed by atoms with Crippen LogP contribution in [0, 0.1) is 10.4 Å². The number of halogens is 2. The van der Waals surface area contributed by atoms with Gasteiger partial charge in [0.05, 0.1) is 10.0 Å². The molecule has 0 saturated heterocycles. The van der Waals surface area contributed by atoms with Crippen LogP contribution in [-0.2, 0) is 0 Å². The molecule has 0 saturated carbocycles. The van der Waals surface area contributed by atoms with Crippen LogP contribution in [0.1, 0.15) is 0 Å². The van der Waals surface area contributed by atoms with Crippen LogP contribution in [0.3, 0.4) is 0 Å². The van der Waals surface area contributed by atoms with Gasteiger partial charge in [0.15, 0.2) is 0 Å². The first kappa shape index (κ1) is 11.3. The molecule has 0 aliphatic carbocycles. The van der Waals surface area contributed by atoms with Crippen molar-refractivity contribution < 1.29 is 9.46 Å². The van der Waals surface area contributed by atoms with Crippen molar-refractivity contribution in [2.45, 2.75) is 0 Å². The summed E-state index contributed by atoms with van der Waals surface area (Å²) in [4.78, 5) is 0. The molecule has 2 aromatic carbocycles. The first-order chi connectivity index (χ1) is 8.59. The Labute approximate surface area is 112 Å². The van der Waals surface area contributed by atoms with Gasteiger partial charge in [-0.2, -0.15) is 9.46 Å². The van der Waals surface area contributed by atoms with Gasteiger partial charge in [0.1, 0.15) is 0 Å². The molecule has 3 rings (SSSR count). The molecule has 0 unspecified atom stereocenters. The quantitative estimate of drug-likeness (QED) is 0.361. The first-order valence-electron chi connectivity index (χ1n) is 5.12. The number of nitrogens with zero attached hydrogens (tertiary/aromatic N) is 2. The van der Waals surface area contributed by atoms with Crippen LogP contribution in [0.25, 0.3) is 22.1 Å². The fraction of sp³-hybridized carbons (Fsp3) is 0. The van der Waals surface area contributed by atoms with E-state index >= 15 is 0 Å². The van der Waals surface area contributed by atoms with Gasteiger partial charge in [0, 0.05) is 24.3 Å². The summed E-state index contributed by atoms with van der Waals surface area (Å²) in [5, 5.41) is 24.8. The second-order valence-corrected chi connectivity index (χ2v) is 4.65. The Kier molecular flexibility index (Phi) is 2.43. The summed E-state index contributed by atoms with van der Waals surface area (Å²) < 4.78 is 1.36. The summed E-state index contributed by atoms with van der Waals surface area (Å²) in [6.07, 6.45) is 0. The van der Waals surface area contributed by atoms with Crippen molar-refractivity contribution in [1.82, 2.24) is 0 Å². The standard InChI is InChI=1S/C12H6Cl2N2O2/c13-7-5-11-12(6-8(7)14)16(18)10-4-2-1-3-9(10)15(11)17/h1-6H. The van der Waals surface area contributed by atoms with E-state index in [9.17, 15) is 10.4 Å². The third-order valence-corrected chi connectivity index (χ3v) is 3.50. The van der Waals surface area contributed by atoms with Crippen molar-refractivity contribution in [3.63, 3.8) is 0 Å². The van der Waals surface area contributed by atoms with E-state index in [0.717, 1.165) is 0 Å². The molecule has 4 nitrogen and oxygen atoms in total. The van der Waals surface area contributed by atoms with Gasteiger partial charge in [0.2, 0.25) is 0 Å². The molecule has 90 valence electrons. The lowest BCUT2D eigenvalue weighted by Gasteiger charge is -2.07. The van der Waals surface area contributed by atoms with Gasteiger partial charge >= 0.3 is 0 Å². The largest absolute Gasteiger partial charge is 0.617 e. The molecule has 0 aliphatic rings. The van der Waals surface area contributed by atoms with Gasteiger partial charge < -0.3 is 10.4 Å². The normalized spacial score (nSPS) is 11.2. The zero-order valence-electron chi connectivity index (χ0n) is 8.93. The smallest absolute Gasteiger partial charge is 0.292 e. The van der Waals surface area contributed by atoms with E-state index in [1.165, 1.54) is 12.1 Å². The maximum absolute atomic E-state index is 12.2.